The molecule has 2 aliphatic heterocycles. The number of fused-ring (bicyclic) bond motifs is 1. The zero-order valence-electron chi connectivity index (χ0n) is 30.7. The molecule has 3 N–H and O–H groups in total. The first-order valence-electron chi connectivity index (χ1n) is 17.5. The summed E-state index contributed by atoms with van der Waals surface area (Å²) < 4.78 is 39.5. The first-order valence-corrected chi connectivity index (χ1v) is 18.9. The summed E-state index contributed by atoms with van der Waals surface area (Å²) in [7, 11) is -4.17. The molecule has 54 heavy (non-hydrogen) atoms. The third kappa shape index (κ3) is 8.75. The number of sulfonamides is 1. The Morgan fingerprint density at radius 2 is 1.69 bits per heavy atom. The highest BCUT2D eigenvalue weighted by Gasteiger charge is 2.45. The van der Waals surface area contributed by atoms with Gasteiger partial charge in [-0.25, -0.2) is 13.2 Å². The number of phenols is 1. The van der Waals surface area contributed by atoms with Gasteiger partial charge in [-0.1, -0.05) is 58.0 Å². The molecule has 0 unspecified atom stereocenters. The molecule has 290 valence electrons. The number of urea groups is 1. The van der Waals surface area contributed by atoms with Gasteiger partial charge in [0, 0.05) is 13.1 Å². The van der Waals surface area contributed by atoms with E-state index in [-0.39, 0.29) is 59.1 Å². The van der Waals surface area contributed by atoms with Crippen LogP contribution in [0.2, 0.25) is 0 Å². The number of nitro benzene ring substituents is 1. The van der Waals surface area contributed by atoms with Gasteiger partial charge in [0.1, 0.15) is 18.3 Å². The van der Waals surface area contributed by atoms with Crippen LogP contribution in [0.15, 0.2) is 65.6 Å². The Hall–Kier alpha value is -5.26. The number of benzene rings is 3. The van der Waals surface area contributed by atoms with E-state index in [1.165, 1.54) is 30.3 Å². The van der Waals surface area contributed by atoms with Gasteiger partial charge in [0.2, 0.25) is 22.7 Å². The van der Waals surface area contributed by atoms with E-state index in [4.69, 9.17) is 9.47 Å². The Kier molecular flexibility index (Phi) is 12.1. The van der Waals surface area contributed by atoms with Crippen LogP contribution >= 0.6 is 0 Å². The van der Waals surface area contributed by atoms with Gasteiger partial charge in [-0.2, -0.15) is 4.31 Å². The number of hydrogen-bond donors (Lipinski definition) is 3. The summed E-state index contributed by atoms with van der Waals surface area (Å²) in [5.41, 5.74) is 0.757. The Balaban J connectivity index is 1.40. The van der Waals surface area contributed by atoms with E-state index in [2.05, 4.69) is 5.32 Å². The maximum atomic E-state index is 14.2. The van der Waals surface area contributed by atoms with E-state index in [0.717, 1.165) is 19.7 Å². The third-order valence-electron chi connectivity index (χ3n) is 9.27. The van der Waals surface area contributed by atoms with Crippen molar-refractivity contribution in [2.24, 2.45) is 11.8 Å². The van der Waals surface area contributed by atoms with Gasteiger partial charge in [-0.05, 0) is 60.6 Å². The third-order valence-corrected chi connectivity index (χ3v) is 11.1. The number of nitrogens with zero attached hydrogens (tertiary/aromatic N) is 4. The van der Waals surface area contributed by atoms with E-state index in [1.54, 1.807) is 51.1 Å². The van der Waals surface area contributed by atoms with E-state index >= 15 is 0 Å². The van der Waals surface area contributed by atoms with Crippen LogP contribution in [0.3, 0.4) is 0 Å². The van der Waals surface area contributed by atoms with Crippen LogP contribution in [0.25, 0.3) is 0 Å². The molecule has 1 fully saturated rings. The molecule has 4 amide bonds. The van der Waals surface area contributed by atoms with Crippen LogP contribution in [0.5, 0.6) is 17.2 Å². The Morgan fingerprint density at radius 3 is 2.30 bits per heavy atom. The standard InChI is InChI=1S/C37H45N5O11S/c1-22(2)17-39(54(50,51)27-11-12-30(43)24(5)13-27)19-31(44)28(14-25-9-7-6-8-10-25)38-36(46)35(23(3)4)41-20-34(45)40(37(41)47)18-26-15-32-33(53-21-52-32)16-29(26)42(48)49/h6-13,15-16,22-23,28,31,35,43-44H,14,17-21H2,1-5H3,(H,38,46)/t28-,31+,35-/m0/s1. The fraction of sp³-hybridized carbons (Fsp3) is 0.432. The molecule has 0 aliphatic carbocycles. The number of hydrogen-bond acceptors (Lipinski definition) is 11. The van der Waals surface area contributed by atoms with Gasteiger partial charge >= 0.3 is 6.03 Å². The lowest BCUT2D eigenvalue weighted by Crippen LogP contribution is -2.57. The van der Waals surface area contributed by atoms with Crippen molar-refractivity contribution in [3.05, 3.63) is 87.5 Å². The Labute approximate surface area is 313 Å². The molecule has 2 heterocycles. The van der Waals surface area contributed by atoms with Crippen molar-refractivity contribution < 1.29 is 47.4 Å². The summed E-state index contributed by atoms with van der Waals surface area (Å²) in [4.78, 5) is 54.4. The number of aliphatic hydroxyl groups excluding tert-OH is 1. The van der Waals surface area contributed by atoms with E-state index in [0.29, 0.717) is 5.56 Å². The Bertz CT molecular complexity index is 2010. The lowest BCUT2D eigenvalue weighted by atomic mass is 9.97. The predicted molar refractivity (Wildman–Crippen MR) is 195 cm³/mol. The smallest absolute Gasteiger partial charge is 0.328 e. The minimum absolute atomic E-state index is 0.0350. The number of aliphatic hydroxyl groups is 1. The average Bonchev–Trinajstić information content (AvgIpc) is 3.67. The van der Waals surface area contributed by atoms with Crippen LogP contribution in [0, 0.1) is 28.9 Å². The van der Waals surface area contributed by atoms with E-state index < -0.39 is 76.5 Å². The van der Waals surface area contributed by atoms with Gasteiger partial charge < -0.3 is 29.9 Å². The summed E-state index contributed by atoms with van der Waals surface area (Å²) in [6.45, 7) is 7.18. The van der Waals surface area contributed by atoms with E-state index in [9.17, 15) is 43.1 Å². The number of nitrogens with one attached hydrogen (secondary N) is 1. The summed E-state index contributed by atoms with van der Waals surface area (Å²) in [5, 5.41) is 36.5. The largest absolute Gasteiger partial charge is 0.508 e. The number of carbonyl (C=O) groups excluding carboxylic acids is 3. The quantitative estimate of drug-likeness (QED) is 0.109. The molecule has 5 rings (SSSR count). The lowest BCUT2D eigenvalue weighted by Gasteiger charge is -2.34. The maximum absolute atomic E-state index is 14.2. The highest BCUT2D eigenvalue weighted by molar-refractivity contribution is 7.89. The van der Waals surface area contributed by atoms with Crippen molar-refractivity contribution in [2.45, 2.75) is 70.7 Å². The number of carbonyl (C=O) groups is 3. The van der Waals surface area contributed by atoms with Crippen molar-refractivity contribution in [3.63, 3.8) is 0 Å². The molecule has 0 aromatic heterocycles. The van der Waals surface area contributed by atoms with Gasteiger partial charge in [0.15, 0.2) is 11.5 Å². The lowest BCUT2D eigenvalue weighted by molar-refractivity contribution is -0.385. The number of rotatable bonds is 16. The number of ether oxygens (including phenoxy) is 2. The van der Waals surface area contributed by atoms with Crippen molar-refractivity contribution in [1.29, 1.82) is 0 Å². The summed E-state index contributed by atoms with van der Waals surface area (Å²) in [6, 6.07) is 12.3. The molecule has 0 radical (unpaired) electrons. The van der Waals surface area contributed by atoms with Crippen LogP contribution in [-0.4, -0.2) is 100 Å². The second-order valence-corrected chi connectivity index (χ2v) is 16.1. The molecular weight excluding hydrogens is 722 g/mol. The van der Waals surface area contributed by atoms with Crippen LogP contribution in [0.4, 0.5) is 10.5 Å². The molecule has 2 aliphatic rings. The molecule has 3 aromatic rings. The molecule has 17 heteroatoms. The first-order chi connectivity index (χ1) is 25.5. The van der Waals surface area contributed by atoms with E-state index in [1.807, 2.05) is 13.8 Å². The van der Waals surface area contributed by atoms with Crippen molar-refractivity contribution >= 4 is 33.6 Å². The van der Waals surface area contributed by atoms with Crippen molar-refractivity contribution in [3.8, 4) is 17.2 Å². The highest BCUT2D eigenvalue weighted by atomic mass is 32.2. The summed E-state index contributed by atoms with van der Waals surface area (Å²) in [6.07, 6.45) is -1.34. The molecule has 16 nitrogen and oxygen atoms in total. The first kappa shape index (κ1) is 39.9. The number of aryl methyl sites for hydroxylation is 1. The highest BCUT2D eigenvalue weighted by Crippen LogP contribution is 2.39. The molecule has 0 saturated carbocycles. The summed E-state index contributed by atoms with van der Waals surface area (Å²) >= 11 is 0. The van der Waals surface area contributed by atoms with Gasteiger partial charge in [-0.15, -0.1) is 0 Å². The van der Waals surface area contributed by atoms with Gasteiger partial charge in [0.25, 0.3) is 11.6 Å². The normalized spacial score (nSPS) is 16.0. The molecular formula is C37H45N5O11S. The number of nitro groups is 1. The fourth-order valence-corrected chi connectivity index (χ4v) is 8.26. The zero-order chi connectivity index (χ0) is 39.5. The minimum Gasteiger partial charge on any atom is -0.508 e. The minimum atomic E-state index is -4.17. The number of phenolic OH excluding ortho intramolecular Hbond substituents is 1. The molecule has 0 spiro atoms. The maximum Gasteiger partial charge on any atom is 0.328 e. The molecule has 0 bridgehead atoms. The molecule has 3 aromatic carbocycles. The number of imide groups is 1. The second kappa shape index (κ2) is 16.4. The zero-order valence-corrected chi connectivity index (χ0v) is 31.5. The predicted octanol–water partition coefficient (Wildman–Crippen LogP) is 3.56. The topological polar surface area (TPSA) is 209 Å². The van der Waals surface area contributed by atoms with Crippen LogP contribution in [-0.2, 0) is 32.6 Å². The number of amides is 4. The van der Waals surface area contributed by atoms with Crippen LogP contribution < -0.4 is 14.8 Å². The van der Waals surface area contributed by atoms with Crippen molar-refractivity contribution in [1.82, 2.24) is 19.4 Å². The number of aromatic hydroxyl groups is 1. The second-order valence-electron chi connectivity index (χ2n) is 14.2. The van der Waals surface area contributed by atoms with Gasteiger partial charge in [-0.3, -0.25) is 24.6 Å². The van der Waals surface area contributed by atoms with Gasteiger partial charge in [0.05, 0.1) is 40.1 Å². The fourth-order valence-electron chi connectivity index (χ4n) is 6.55. The SMILES string of the molecule is Cc1cc(S(=O)(=O)N(CC(C)C)C[C@@H](O)[C@H](Cc2ccccc2)NC(=O)[C@H](C(C)C)N2CC(=O)N(Cc3cc4c(cc3[N+](=O)[O-])OCO4)C2=O)ccc1O. The molecule has 1 saturated heterocycles. The van der Waals surface area contributed by atoms with Crippen LogP contribution in [0.1, 0.15) is 44.4 Å². The van der Waals surface area contributed by atoms with Crippen molar-refractivity contribution in [2.75, 3.05) is 26.4 Å². The molecule has 3 atom stereocenters. The summed E-state index contributed by atoms with van der Waals surface area (Å²) in [5.74, 6) is -1.71. The Morgan fingerprint density at radius 1 is 1.02 bits per heavy atom. The monoisotopic (exact) mass is 767 g/mol. The average molecular weight is 768 g/mol.